The second-order valence-electron chi connectivity index (χ2n) is 7.40. The zero-order valence-electron chi connectivity index (χ0n) is 17.3. The van der Waals surface area contributed by atoms with E-state index in [4.69, 9.17) is 0 Å². The van der Waals surface area contributed by atoms with E-state index in [0.717, 1.165) is 21.3 Å². The van der Waals surface area contributed by atoms with Gasteiger partial charge in [-0.15, -0.1) is 0 Å². The molecule has 2 N–H and O–H groups in total. The van der Waals surface area contributed by atoms with Gasteiger partial charge in [-0.25, -0.2) is 13.4 Å². The molecule has 0 radical (unpaired) electrons. The molecule has 0 fully saturated rings. The number of hydrogen-bond donors (Lipinski definition) is 2. The first-order valence-electron chi connectivity index (χ1n) is 9.60. The molecule has 1 heterocycles. The number of aryl methyl sites for hydroxylation is 3. The number of carbonyl (C=O) groups excluding carboxylic acids is 1. The number of amides is 1. The number of carbonyl (C=O) groups is 1. The fraction of sp³-hybridized carbons (Fsp3) is 0.130. The predicted molar refractivity (Wildman–Crippen MR) is 125 cm³/mol. The number of sulfonamides is 1. The Labute approximate surface area is 185 Å². The highest BCUT2D eigenvalue weighted by atomic mass is 32.2. The minimum Gasteiger partial charge on any atom is -0.298 e. The molecule has 1 aromatic heterocycles. The summed E-state index contributed by atoms with van der Waals surface area (Å²) in [5.41, 5.74) is 4.28. The normalized spacial score (nSPS) is 11.5. The summed E-state index contributed by atoms with van der Waals surface area (Å²) in [6, 6.07) is 17.5. The van der Waals surface area contributed by atoms with Gasteiger partial charge in [-0.2, -0.15) is 0 Å². The summed E-state index contributed by atoms with van der Waals surface area (Å²) < 4.78 is 29.2. The maximum Gasteiger partial charge on any atom is 0.261 e. The summed E-state index contributed by atoms with van der Waals surface area (Å²) in [7, 11) is -3.84. The highest BCUT2D eigenvalue weighted by Gasteiger charge is 2.19. The van der Waals surface area contributed by atoms with Crippen molar-refractivity contribution in [3.8, 4) is 0 Å². The van der Waals surface area contributed by atoms with Gasteiger partial charge < -0.3 is 0 Å². The molecule has 0 atom stereocenters. The van der Waals surface area contributed by atoms with Crippen LogP contribution in [0.25, 0.3) is 10.2 Å². The van der Waals surface area contributed by atoms with Gasteiger partial charge in [-0.3, -0.25) is 14.8 Å². The van der Waals surface area contributed by atoms with Gasteiger partial charge in [0.1, 0.15) is 0 Å². The molecule has 1 amide bonds. The van der Waals surface area contributed by atoms with Gasteiger partial charge in [-0.1, -0.05) is 35.6 Å². The highest BCUT2D eigenvalue weighted by molar-refractivity contribution is 7.92. The summed E-state index contributed by atoms with van der Waals surface area (Å²) >= 11 is 1.38. The molecule has 158 valence electrons. The molecule has 4 aromatic rings. The minimum atomic E-state index is -3.84. The number of nitrogens with one attached hydrogen (secondary N) is 2. The maximum absolute atomic E-state index is 12.9. The van der Waals surface area contributed by atoms with E-state index in [-0.39, 0.29) is 10.5 Å². The summed E-state index contributed by atoms with van der Waals surface area (Å²) in [6.45, 7) is 5.65. The third-order valence-electron chi connectivity index (χ3n) is 4.80. The van der Waals surface area contributed by atoms with Gasteiger partial charge in [0.05, 0.1) is 15.1 Å². The first-order valence-corrected chi connectivity index (χ1v) is 11.9. The molecule has 4 rings (SSSR count). The Kier molecular flexibility index (Phi) is 5.51. The zero-order chi connectivity index (χ0) is 22.2. The molecule has 0 aliphatic heterocycles. The Bertz CT molecular complexity index is 1410. The average molecular weight is 452 g/mol. The predicted octanol–water partition coefficient (Wildman–Crippen LogP) is 5.27. The molecule has 0 aliphatic carbocycles. The lowest BCUT2D eigenvalue weighted by molar-refractivity contribution is 0.102. The van der Waals surface area contributed by atoms with Crippen LogP contribution in [0, 0.1) is 20.8 Å². The third-order valence-corrected chi connectivity index (χ3v) is 7.11. The van der Waals surface area contributed by atoms with E-state index >= 15 is 0 Å². The Hall–Kier alpha value is -3.23. The standard InChI is InChI=1S/C23H21N3O3S2/c1-14-5-4-6-17(11-14)26-31(28,29)18-9-8-16(3)19(13-18)22(27)25-23-24-20-10-7-15(2)12-21(20)30-23/h4-13,26H,1-3H3,(H,24,25,27). The third kappa shape index (κ3) is 4.60. The van der Waals surface area contributed by atoms with Gasteiger partial charge in [0, 0.05) is 11.3 Å². The topological polar surface area (TPSA) is 88.2 Å². The van der Waals surface area contributed by atoms with Crippen LogP contribution >= 0.6 is 11.3 Å². The summed E-state index contributed by atoms with van der Waals surface area (Å²) in [6.07, 6.45) is 0. The monoisotopic (exact) mass is 451 g/mol. The van der Waals surface area contributed by atoms with Crippen LogP contribution in [0.1, 0.15) is 27.0 Å². The number of nitrogens with zero attached hydrogens (tertiary/aromatic N) is 1. The van der Waals surface area contributed by atoms with E-state index in [1.54, 1.807) is 31.2 Å². The molecule has 0 aliphatic rings. The molecule has 0 saturated heterocycles. The van der Waals surface area contributed by atoms with Crippen molar-refractivity contribution < 1.29 is 13.2 Å². The van der Waals surface area contributed by atoms with Crippen molar-refractivity contribution in [1.29, 1.82) is 0 Å². The molecule has 6 nitrogen and oxygen atoms in total. The van der Waals surface area contributed by atoms with Crippen LogP contribution in [-0.4, -0.2) is 19.3 Å². The number of aromatic nitrogens is 1. The van der Waals surface area contributed by atoms with Crippen LogP contribution < -0.4 is 10.0 Å². The fourth-order valence-corrected chi connectivity index (χ4v) is 5.22. The largest absolute Gasteiger partial charge is 0.298 e. The van der Waals surface area contributed by atoms with Crippen molar-refractivity contribution >= 4 is 48.3 Å². The quantitative estimate of drug-likeness (QED) is 0.432. The van der Waals surface area contributed by atoms with Crippen molar-refractivity contribution in [2.45, 2.75) is 25.7 Å². The van der Waals surface area contributed by atoms with Crippen molar-refractivity contribution in [2.24, 2.45) is 0 Å². The average Bonchev–Trinajstić information content (AvgIpc) is 3.09. The number of anilines is 2. The second-order valence-corrected chi connectivity index (χ2v) is 10.1. The van der Waals surface area contributed by atoms with Crippen LogP contribution in [0.4, 0.5) is 10.8 Å². The second kappa shape index (κ2) is 8.13. The number of fused-ring (bicyclic) bond motifs is 1. The first kappa shape index (κ1) is 21.0. The van der Waals surface area contributed by atoms with E-state index in [2.05, 4.69) is 15.0 Å². The van der Waals surface area contributed by atoms with E-state index in [1.165, 1.54) is 23.5 Å². The van der Waals surface area contributed by atoms with Crippen molar-refractivity contribution in [3.05, 3.63) is 82.9 Å². The van der Waals surface area contributed by atoms with Crippen LogP contribution in [-0.2, 0) is 10.0 Å². The minimum absolute atomic E-state index is 0.0182. The highest BCUT2D eigenvalue weighted by Crippen LogP contribution is 2.28. The summed E-state index contributed by atoms with van der Waals surface area (Å²) in [5, 5.41) is 3.27. The Balaban J connectivity index is 1.61. The van der Waals surface area contributed by atoms with Crippen LogP contribution in [0.5, 0.6) is 0 Å². The number of thiazole rings is 1. The van der Waals surface area contributed by atoms with E-state index < -0.39 is 15.9 Å². The molecule has 3 aromatic carbocycles. The number of hydrogen-bond acceptors (Lipinski definition) is 5. The van der Waals surface area contributed by atoms with Crippen LogP contribution in [0.3, 0.4) is 0 Å². The Morgan fingerprint density at radius 3 is 2.48 bits per heavy atom. The lowest BCUT2D eigenvalue weighted by Gasteiger charge is -2.11. The Morgan fingerprint density at radius 2 is 1.71 bits per heavy atom. The number of benzene rings is 3. The lowest BCUT2D eigenvalue weighted by Crippen LogP contribution is -2.17. The molecule has 0 bridgehead atoms. The molecule has 0 saturated carbocycles. The molecular weight excluding hydrogens is 430 g/mol. The molecule has 31 heavy (non-hydrogen) atoms. The maximum atomic E-state index is 12.9. The molecule has 0 unspecified atom stereocenters. The SMILES string of the molecule is Cc1cccc(NS(=O)(=O)c2ccc(C)c(C(=O)Nc3nc4ccc(C)cc4s3)c2)c1. The smallest absolute Gasteiger partial charge is 0.261 e. The molecule has 8 heteroatoms. The van der Waals surface area contributed by atoms with Crippen molar-refractivity contribution in [3.63, 3.8) is 0 Å². The molecular formula is C23H21N3O3S2. The van der Waals surface area contributed by atoms with E-state index in [0.29, 0.717) is 16.4 Å². The van der Waals surface area contributed by atoms with E-state index in [1.807, 2.05) is 38.1 Å². The van der Waals surface area contributed by atoms with E-state index in [9.17, 15) is 13.2 Å². The Morgan fingerprint density at radius 1 is 0.935 bits per heavy atom. The lowest BCUT2D eigenvalue weighted by atomic mass is 10.1. The summed E-state index contributed by atoms with van der Waals surface area (Å²) in [5.74, 6) is -0.402. The van der Waals surface area contributed by atoms with Crippen molar-refractivity contribution in [1.82, 2.24) is 4.98 Å². The van der Waals surface area contributed by atoms with Gasteiger partial charge in [0.25, 0.3) is 15.9 Å². The fourth-order valence-electron chi connectivity index (χ4n) is 3.19. The van der Waals surface area contributed by atoms with Gasteiger partial charge in [-0.05, 0) is 73.9 Å². The van der Waals surface area contributed by atoms with Crippen LogP contribution in [0.2, 0.25) is 0 Å². The van der Waals surface area contributed by atoms with Gasteiger partial charge >= 0.3 is 0 Å². The van der Waals surface area contributed by atoms with Crippen molar-refractivity contribution in [2.75, 3.05) is 10.0 Å². The van der Waals surface area contributed by atoms with Crippen LogP contribution in [0.15, 0.2) is 65.6 Å². The number of rotatable bonds is 5. The van der Waals surface area contributed by atoms with Gasteiger partial charge in [0.15, 0.2) is 5.13 Å². The van der Waals surface area contributed by atoms with Gasteiger partial charge in [0.2, 0.25) is 0 Å². The summed E-state index contributed by atoms with van der Waals surface area (Å²) in [4.78, 5) is 17.4. The zero-order valence-corrected chi connectivity index (χ0v) is 18.9. The first-order chi connectivity index (χ1) is 14.7. The molecule has 0 spiro atoms.